The van der Waals surface area contributed by atoms with Gasteiger partial charge in [-0.1, -0.05) is 12.1 Å². The zero-order valence-corrected chi connectivity index (χ0v) is 22.8. The van der Waals surface area contributed by atoms with E-state index in [1.54, 1.807) is 12.1 Å². The number of methoxy groups -OCH3 is 2. The summed E-state index contributed by atoms with van der Waals surface area (Å²) in [6.07, 6.45) is -0.638. The Kier molecular flexibility index (Phi) is 8.25. The summed E-state index contributed by atoms with van der Waals surface area (Å²) < 4.78 is 37.9. The molecule has 1 N–H and O–H groups in total. The summed E-state index contributed by atoms with van der Waals surface area (Å²) in [5, 5.41) is 21.2. The second kappa shape index (κ2) is 11.5. The van der Waals surface area contributed by atoms with Crippen molar-refractivity contribution in [1.82, 2.24) is 14.1 Å². The largest absolute Gasteiger partial charge is 0.495 e. The highest BCUT2D eigenvalue weighted by atomic mass is 32.2. The van der Waals surface area contributed by atoms with Crippen LogP contribution in [0.5, 0.6) is 11.5 Å². The van der Waals surface area contributed by atoms with Gasteiger partial charge in [0.25, 0.3) is 11.8 Å². The van der Waals surface area contributed by atoms with Crippen LogP contribution in [0.1, 0.15) is 33.6 Å². The molecule has 0 aromatic heterocycles. The number of sulfonamides is 1. The van der Waals surface area contributed by atoms with Crippen molar-refractivity contribution >= 4 is 39.4 Å². The maximum atomic E-state index is 13.4. The molecule has 0 radical (unpaired) electrons. The minimum Gasteiger partial charge on any atom is -0.495 e. The number of aliphatic carboxylic acids is 1. The van der Waals surface area contributed by atoms with Gasteiger partial charge in [-0.05, 0) is 18.6 Å². The third-order valence-electron chi connectivity index (χ3n) is 6.92. The van der Waals surface area contributed by atoms with Gasteiger partial charge in [-0.3, -0.25) is 29.4 Å². The SMILES string of the molecule is COc1cc(OC)c(S(=O)(=O)N2CCN(C(=O)CC[C@@H](C(=O)O)N3C(=O)c4ccccc4C3=O)CC2)cc1[N+](=O)[O-]. The molecule has 2 aliphatic rings. The molecule has 218 valence electrons. The van der Waals surface area contributed by atoms with Gasteiger partial charge in [0.1, 0.15) is 16.7 Å². The maximum absolute atomic E-state index is 13.4. The van der Waals surface area contributed by atoms with Crippen LogP contribution >= 0.6 is 0 Å². The standard InChI is InChI=1S/C25H26N4O11S/c1-39-19-14-20(40-2)21(13-18(19)29(35)36)41(37,38)27-11-9-26(10-12-27)22(30)8-7-17(25(33)34)28-23(31)15-5-3-4-6-16(15)24(28)32/h3-6,13-14,17H,7-12H2,1-2H3,(H,33,34)/t17-/m0/s1. The molecule has 16 heteroatoms. The van der Waals surface area contributed by atoms with E-state index in [9.17, 15) is 42.8 Å². The van der Waals surface area contributed by atoms with Crippen molar-refractivity contribution in [3.8, 4) is 11.5 Å². The van der Waals surface area contributed by atoms with Gasteiger partial charge in [0.15, 0.2) is 0 Å². The topological polar surface area (TPSA) is 194 Å². The van der Waals surface area contributed by atoms with E-state index < -0.39 is 55.3 Å². The fraction of sp³-hybridized carbons (Fsp3) is 0.360. The number of carbonyl (C=O) groups excluding carboxylic acids is 3. The van der Waals surface area contributed by atoms with Crippen LogP contribution in [0, 0.1) is 10.1 Å². The Morgan fingerprint density at radius 2 is 1.56 bits per heavy atom. The van der Waals surface area contributed by atoms with E-state index >= 15 is 0 Å². The number of carboxylic acid groups (broad SMARTS) is 1. The number of fused-ring (bicyclic) bond motifs is 1. The molecule has 2 heterocycles. The smallest absolute Gasteiger partial charge is 0.326 e. The third-order valence-corrected chi connectivity index (χ3v) is 8.84. The average Bonchev–Trinajstić information content (AvgIpc) is 3.21. The normalized spacial score (nSPS) is 16.3. The van der Waals surface area contributed by atoms with Gasteiger partial charge in [0, 0.05) is 44.7 Å². The molecule has 2 aromatic carbocycles. The number of carbonyl (C=O) groups is 4. The Hall–Kier alpha value is -4.57. The van der Waals surface area contributed by atoms with Crippen molar-refractivity contribution in [2.24, 2.45) is 0 Å². The van der Waals surface area contributed by atoms with E-state index in [4.69, 9.17) is 9.47 Å². The second-order valence-electron chi connectivity index (χ2n) is 9.14. The maximum Gasteiger partial charge on any atom is 0.326 e. The zero-order chi connectivity index (χ0) is 30.1. The lowest BCUT2D eigenvalue weighted by molar-refractivity contribution is -0.386. The minimum atomic E-state index is -4.27. The van der Waals surface area contributed by atoms with Crippen molar-refractivity contribution in [3.63, 3.8) is 0 Å². The molecule has 3 amide bonds. The van der Waals surface area contributed by atoms with Gasteiger partial charge < -0.3 is 19.5 Å². The van der Waals surface area contributed by atoms with Crippen LogP contribution in [0.25, 0.3) is 0 Å². The molecule has 1 atom stereocenters. The zero-order valence-electron chi connectivity index (χ0n) is 22.0. The molecule has 15 nitrogen and oxygen atoms in total. The monoisotopic (exact) mass is 590 g/mol. The molecule has 1 saturated heterocycles. The van der Waals surface area contributed by atoms with Crippen LogP contribution in [0.2, 0.25) is 0 Å². The predicted molar refractivity (Wildman–Crippen MR) is 139 cm³/mol. The molecular weight excluding hydrogens is 564 g/mol. The molecule has 0 aliphatic carbocycles. The lowest BCUT2D eigenvalue weighted by atomic mass is 10.1. The molecule has 41 heavy (non-hydrogen) atoms. The third kappa shape index (κ3) is 5.43. The number of benzene rings is 2. The summed E-state index contributed by atoms with van der Waals surface area (Å²) in [5.41, 5.74) is -0.385. The Balaban J connectivity index is 1.42. The lowest BCUT2D eigenvalue weighted by Gasteiger charge is -2.34. The Labute approximate surface area is 234 Å². The average molecular weight is 591 g/mol. The summed E-state index contributed by atoms with van der Waals surface area (Å²) in [7, 11) is -1.86. The summed E-state index contributed by atoms with van der Waals surface area (Å²) in [6.45, 7) is -0.359. The van der Waals surface area contributed by atoms with Gasteiger partial charge in [-0.2, -0.15) is 4.31 Å². The summed E-state index contributed by atoms with van der Waals surface area (Å²) in [6, 6.07) is 6.36. The quantitative estimate of drug-likeness (QED) is 0.235. The van der Waals surface area contributed by atoms with Gasteiger partial charge in [-0.25, -0.2) is 13.2 Å². The predicted octanol–water partition coefficient (Wildman–Crippen LogP) is 0.975. The summed E-state index contributed by atoms with van der Waals surface area (Å²) in [4.78, 5) is 62.5. The summed E-state index contributed by atoms with van der Waals surface area (Å²) >= 11 is 0. The highest BCUT2D eigenvalue weighted by molar-refractivity contribution is 7.89. The molecule has 2 aromatic rings. The van der Waals surface area contributed by atoms with Crippen molar-refractivity contribution in [2.45, 2.75) is 23.8 Å². The molecule has 0 spiro atoms. The molecule has 0 unspecified atom stereocenters. The fourth-order valence-electron chi connectivity index (χ4n) is 4.79. The minimum absolute atomic E-state index is 0.0383. The van der Waals surface area contributed by atoms with E-state index in [1.807, 2.05) is 0 Å². The van der Waals surface area contributed by atoms with Crippen molar-refractivity contribution in [2.75, 3.05) is 40.4 Å². The van der Waals surface area contributed by atoms with E-state index in [-0.39, 0.29) is 61.6 Å². The van der Waals surface area contributed by atoms with Crippen LogP contribution in [-0.2, 0) is 19.6 Å². The van der Waals surface area contributed by atoms with E-state index in [1.165, 1.54) is 31.3 Å². The number of hydrogen-bond donors (Lipinski definition) is 1. The first-order valence-corrected chi connectivity index (χ1v) is 13.7. The molecule has 4 rings (SSSR count). The van der Waals surface area contributed by atoms with Crippen LogP contribution in [-0.4, -0.2) is 103 Å². The highest BCUT2D eigenvalue weighted by Gasteiger charge is 2.43. The van der Waals surface area contributed by atoms with E-state index in [0.29, 0.717) is 4.90 Å². The number of carboxylic acids is 1. The molecule has 1 fully saturated rings. The molecule has 2 aliphatic heterocycles. The number of amides is 3. The van der Waals surface area contributed by atoms with Gasteiger partial charge in [0.05, 0.1) is 30.3 Å². The Morgan fingerprint density at radius 3 is 2.05 bits per heavy atom. The van der Waals surface area contributed by atoms with Crippen LogP contribution < -0.4 is 9.47 Å². The number of piperazine rings is 1. The number of imide groups is 1. The van der Waals surface area contributed by atoms with Crippen LogP contribution in [0.15, 0.2) is 41.3 Å². The van der Waals surface area contributed by atoms with Crippen molar-refractivity contribution < 1.29 is 47.1 Å². The first-order chi connectivity index (χ1) is 19.4. The van der Waals surface area contributed by atoms with E-state index in [0.717, 1.165) is 16.4 Å². The molecule has 0 saturated carbocycles. The highest BCUT2D eigenvalue weighted by Crippen LogP contribution is 2.38. The van der Waals surface area contributed by atoms with Crippen molar-refractivity contribution in [3.05, 3.63) is 57.6 Å². The van der Waals surface area contributed by atoms with Gasteiger partial charge in [-0.15, -0.1) is 0 Å². The number of nitro benzene ring substituents is 1. The van der Waals surface area contributed by atoms with Gasteiger partial charge >= 0.3 is 11.7 Å². The second-order valence-corrected chi connectivity index (χ2v) is 11.0. The van der Waals surface area contributed by atoms with Crippen molar-refractivity contribution in [1.29, 1.82) is 0 Å². The Bertz CT molecular complexity index is 1500. The number of ether oxygens (including phenoxy) is 2. The molecular formula is C25H26N4O11S. The number of rotatable bonds is 10. The van der Waals surface area contributed by atoms with Crippen LogP contribution in [0.4, 0.5) is 5.69 Å². The first-order valence-electron chi connectivity index (χ1n) is 12.3. The fourth-order valence-corrected chi connectivity index (χ4v) is 6.37. The Morgan fingerprint density at radius 1 is 1.00 bits per heavy atom. The van der Waals surface area contributed by atoms with Crippen LogP contribution in [0.3, 0.4) is 0 Å². The van der Waals surface area contributed by atoms with Gasteiger partial charge in [0.2, 0.25) is 21.7 Å². The number of hydrogen-bond acceptors (Lipinski definition) is 10. The first kappa shape index (κ1) is 29.4. The molecule has 0 bridgehead atoms. The lowest BCUT2D eigenvalue weighted by Crippen LogP contribution is -2.51. The number of nitrogens with zero attached hydrogens (tertiary/aromatic N) is 4. The summed E-state index contributed by atoms with van der Waals surface area (Å²) in [5.74, 6) is -3.76. The van der Waals surface area contributed by atoms with E-state index in [2.05, 4.69) is 0 Å². The number of nitro groups is 1.